The molecule has 0 unspecified atom stereocenters. The minimum absolute atomic E-state index is 0.0309. The van der Waals surface area contributed by atoms with Crippen molar-refractivity contribution in [3.8, 4) is 11.5 Å². The molecule has 0 fully saturated rings. The lowest BCUT2D eigenvalue weighted by Gasteiger charge is -2.03. The van der Waals surface area contributed by atoms with Gasteiger partial charge < -0.3 is 20.8 Å². The fourth-order valence-corrected chi connectivity index (χ4v) is 1.69. The Balaban J connectivity index is 1.90. The Morgan fingerprint density at radius 1 is 0.773 bits per heavy atom. The van der Waals surface area contributed by atoms with E-state index < -0.39 is 11.8 Å². The Labute approximate surface area is 126 Å². The summed E-state index contributed by atoms with van der Waals surface area (Å²) < 4.78 is 0. The van der Waals surface area contributed by atoms with Crippen molar-refractivity contribution in [2.75, 3.05) is 10.6 Å². The maximum Gasteiger partial charge on any atom is 0.248 e. The number of nitrogens with one attached hydrogen (secondary N) is 2. The minimum Gasteiger partial charge on any atom is -0.508 e. The number of phenolic OH excluding ortho intramolecular Hbond substituents is 2. The molecule has 2 amide bonds. The molecule has 0 spiro atoms. The largest absolute Gasteiger partial charge is 0.508 e. The highest BCUT2D eigenvalue weighted by Crippen LogP contribution is 2.16. The van der Waals surface area contributed by atoms with Crippen LogP contribution in [0.3, 0.4) is 0 Å². The normalized spacial score (nSPS) is 10.4. The van der Waals surface area contributed by atoms with Crippen molar-refractivity contribution in [2.45, 2.75) is 0 Å². The molecule has 0 saturated carbocycles. The van der Waals surface area contributed by atoms with Crippen molar-refractivity contribution >= 4 is 23.2 Å². The fourth-order valence-electron chi connectivity index (χ4n) is 1.69. The van der Waals surface area contributed by atoms with Gasteiger partial charge in [-0.2, -0.15) is 0 Å². The van der Waals surface area contributed by atoms with Gasteiger partial charge in [0.1, 0.15) is 11.5 Å². The van der Waals surface area contributed by atoms with Crippen LogP contribution in [0, 0.1) is 0 Å². The van der Waals surface area contributed by atoms with E-state index >= 15 is 0 Å². The second-order valence-corrected chi connectivity index (χ2v) is 4.41. The molecule has 4 N–H and O–H groups in total. The van der Waals surface area contributed by atoms with Gasteiger partial charge in [-0.3, -0.25) is 9.59 Å². The van der Waals surface area contributed by atoms with E-state index in [9.17, 15) is 19.8 Å². The summed E-state index contributed by atoms with van der Waals surface area (Å²) in [5, 5.41) is 23.6. The molecule has 0 aliphatic heterocycles. The third-order valence-corrected chi connectivity index (χ3v) is 2.61. The highest BCUT2D eigenvalue weighted by Gasteiger charge is 2.02. The standard InChI is InChI=1S/C16H14N2O4/c19-13-5-1-3-11(9-13)17-15(21)7-8-16(22)18-12-4-2-6-14(20)10-12/h1-10,19-20H,(H,17,21)(H,18,22)/b8-7+. The second kappa shape index (κ2) is 6.94. The first-order valence-corrected chi connectivity index (χ1v) is 6.41. The summed E-state index contributed by atoms with van der Waals surface area (Å²) in [6, 6.07) is 12.1. The number of rotatable bonds is 4. The molecule has 0 aliphatic carbocycles. The van der Waals surface area contributed by atoms with Crippen LogP contribution in [-0.2, 0) is 9.59 Å². The molecule has 112 valence electrons. The first-order valence-electron chi connectivity index (χ1n) is 6.41. The van der Waals surface area contributed by atoms with Crippen molar-refractivity contribution in [1.29, 1.82) is 0 Å². The molecule has 0 radical (unpaired) electrons. The number of amides is 2. The quantitative estimate of drug-likeness (QED) is 0.650. The summed E-state index contributed by atoms with van der Waals surface area (Å²) >= 11 is 0. The third kappa shape index (κ3) is 4.68. The molecule has 2 aromatic rings. The summed E-state index contributed by atoms with van der Waals surface area (Å²) in [6.07, 6.45) is 2.14. The minimum atomic E-state index is -0.503. The van der Waals surface area contributed by atoms with Crippen LogP contribution in [0.15, 0.2) is 60.7 Å². The molecule has 0 heterocycles. The number of benzene rings is 2. The monoisotopic (exact) mass is 298 g/mol. The Morgan fingerprint density at radius 3 is 1.55 bits per heavy atom. The summed E-state index contributed by atoms with van der Waals surface area (Å²) in [5.74, 6) is -0.944. The zero-order valence-corrected chi connectivity index (χ0v) is 11.5. The number of hydrogen-bond acceptors (Lipinski definition) is 4. The average Bonchev–Trinajstić information content (AvgIpc) is 2.45. The van der Waals surface area contributed by atoms with E-state index in [0.717, 1.165) is 12.2 Å². The number of aromatic hydroxyl groups is 2. The number of phenols is 2. The molecule has 0 atom stereocenters. The van der Waals surface area contributed by atoms with Crippen LogP contribution in [0.2, 0.25) is 0 Å². The van der Waals surface area contributed by atoms with Crippen LogP contribution in [0.1, 0.15) is 0 Å². The molecular formula is C16H14N2O4. The van der Waals surface area contributed by atoms with Gasteiger partial charge in [0.25, 0.3) is 0 Å². The molecule has 2 rings (SSSR count). The molecule has 0 saturated heterocycles. The lowest BCUT2D eigenvalue weighted by atomic mass is 10.3. The molecule has 0 aromatic heterocycles. The predicted molar refractivity (Wildman–Crippen MR) is 82.6 cm³/mol. The van der Waals surface area contributed by atoms with Crippen LogP contribution < -0.4 is 10.6 Å². The molecule has 0 bridgehead atoms. The smallest absolute Gasteiger partial charge is 0.248 e. The maximum absolute atomic E-state index is 11.6. The molecule has 2 aromatic carbocycles. The van der Waals surface area contributed by atoms with Crippen LogP contribution in [0.4, 0.5) is 11.4 Å². The topological polar surface area (TPSA) is 98.7 Å². The molecule has 6 heteroatoms. The van der Waals surface area contributed by atoms with E-state index in [-0.39, 0.29) is 11.5 Å². The molecular weight excluding hydrogens is 284 g/mol. The van der Waals surface area contributed by atoms with E-state index in [4.69, 9.17) is 0 Å². The van der Waals surface area contributed by atoms with Gasteiger partial charge >= 0.3 is 0 Å². The average molecular weight is 298 g/mol. The van der Waals surface area contributed by atoms with Crippen molar-refractivity contribution in [2.24, 2.45) is 0 Å². The number of carbonyl (C=O) groups excluding carboxylic acids is 2. The Hall–Kier alpha value is -3.28. The van der Waals surface area contributed by atoms with E-state index in [1.165, 1.54) is 24.3 Å². The van der Waals surface area contributed by atoms with Gasteiger partial charge in [-0.1, -0.05) is 12.1 Å². The first kappa shape index (κ1) is 15.1. The van der Waals surface area contributed by atoms with E-state index in [2.05, 4.69) is 10.6 Å². The van der Waals surface area contributed by atoms with Crippen LogP contribution >= 0.6 is 0 Å². The van der Waals surface area contributed by atoms with Crippen molar-refractivity contribution in [3.05, 3.63) is 60.7 Å². The van der Waals surface area contributed by atoms with Crippen LogP contribution in [0.25, 0.3) is 0 Å². The molecule has 0 aliphatic rings. The predicted octanol–water partition coefficient (Wildman–Crippen LogP) is 2.23. The zero-order chi connectivity index (χ0) is 15.9. The van der Waals surface area contributed by atoms with Gasteiger partial charge in [0.05, 0.1) is 0 Å². The summed E-state index contributed by atoms with van der Waals surface area (Å²) in [5.41, 5.74) is 0.839. The van der Waals surface area contributed by atoms with Crippen molar-refractivity contribution in [3.63, 3.8) is 0 Å². The molecule has 22 heavy (non-hydrogen) atoms. The Kier molecular flexibility index (Phi) is 4.77. The SMILES string of the molecule is O=C(/C=C/C(=O)Nc1cccc(O)c1)Nc1cccc(O)c1. The Bertz CT molecular complexity index is 664. The van der Waals surface area contributed by atoms with Gasteiger partial charge in [-0.15, -0.1) is 0 Å². The van der Waals surface area contributed by atoms with Crippen LogP contribution in [-0.4, -0.2) is 22.0 Å². The lowest BCUT2D eigenvalue weighted by Crippen LogP contribution is -2.11. The van der Waals surface area contributed by atoms with Crippen LogP contribution in [0.5, 0.6) is 11.5 Å². The van der Waals surface area contributed by atoms with E-state index in [1.54, 1.807) is 24.3 Å². The van der Waals surface area contributed by atoms with Gasteiger partial charge in [0, 0.05) is 35.7 Å². The van der Waals surface area contributed by atoms with E-state index in [1.807, 2.05) is 0 Å². The van der Waals surface area contributed by atoms with Gasteiger partial charge in [-0.25, -0.2) is 0 Å². The van der Waals surface area contributed by atoms with Crippen molar-refractivity contribution < 1.29 is 19.8 Å². The number of anilines is 2. The molecule has 6 nitrogen and oxygen atoms in total. The Morgan fingerprint density at radius 2 is 1.18 bits per heavy atom. The highest BCUT2D eigenvalue weighted by molar-refractivity contribution is 6.06. The lowest BCUT2D eigenvalue weighted by molar-refractivity contribution is -0.114. The third-order valence-electron chi connectivity index (χ3n) is 2.61. The summed E-state index contributed by atoms with van der Waals surface area (Å²) in [7, 11) is 0. The van der Waals surface area contributed by atoms with Gasteiger partial charge in [-0.05, 0) is 24.3 Å². The summed E-state index contributed by atoms with van der Waals surface area (Å²) in [6.45, 7) is 0. The van der Waals surface area contributed by atoms with Gasteiger partial charge in [0.15, 0.2) is 0 Å². The maximum atomic E-state index is 11.6. The zero-order valence-electron chi connectivity index (χ0n) is 11.5. The number of carbonyl (C=O) groups is 2. The second-order valence-electron chi connectivity index (χ2n) is 4.41. The number of hydrogen-bond donors (Lipinski definition) is 4. The van der Waals surface area contributed by atoms with Crippen molar-refractivity contribution in [1.82, 2.24) is 0 Å². The summed E-state index contributed by atoms with van der Waals surface area (Å²) in [4.78, 5) is 23.3. The first-order chi connectivity index (χ1) is 10.5. The van der Waals surface area contributed by atoms with Gasteiger partial charge in [0.2, 0.25) is 11.8 Å². The highest BCUT2D eigenvalue weighted by atomic mass is 16.3. The fraction of sp³-hybridized carbons (Fsp3) is 0. The van der Waals surface area contributed by atoms with E-state index in [0.29, 0.717) is 11.4 Å².